The van der Waals surface area contributed by atoms with Gasteiger partial charge in [-0.15, -0.1) is 0 Å². The van der Waals surface area contributed by atoms with E-state index in [0.717, 1.165) is 24.9 Å². The number of carbonyl (C=O) groups excluding carboxylic acids is 1. The van der Waals surface area contributed by atoms with E-state index in [1.165, 1.54) is 5.56 Å². The third kappa shape index (κ3) is 2.64. The maximum Gasteiger partial charge on any atom is 0.256 e. The van der Waals surface area contributed by atoms with E-state index in [2.05, 4.69) is 12.1 Å². The summed E-state index contributed by atoms with van der Waals surface area (Å²) in [5.41, 5.74) is 9.44. The zero-order chi connectivity index (χ0) is 14.8. The van der Waals surface area contributed by atoms with Gasteiger partial charge in [0, 0.05) is 12.2 Å². The molecule has 0 saturated carbocycles. The highest BCUT2D eigenvalue weighted by Gasteiger charge is 2.31. The largest absolute Gasteiger partial charge is 0.398 e. The molecule has 1 saturated heterocycles. The normalized spacial score (nSPS) is 18.0. The lowest BCUT2D eigenvalue weighted by Crippen LogP contribution is -2.31. The Labute approximate surface area is 125 Å². The summed E-state index contributed by atoms with van der Waals surface area (Å²) in [6.07, 6.45) is 2.05. The van der Waals surface area contributed by atoms with Gasteiger partial charge in [0.05, 0.1) is 11.6 Å². The SMILES string of the molecule is Cc1ccc(N)c(C(=O)N2CCCC2c2ccccc2)c1. The van der Waals surface area contributed by atoms with Crippen molar-refractivity contribution in [2.24, 2.45) is 0 Å². The topological polar surface area (TPSA) is 46.3 Å². The molecule has 0 radical (unpaired) electrons. The van der Waals surface area contributed by atoms with Gasteiger partial charge < -0.3 is 10.6 Å². The summed E-state index contributed by atoms with van der Waals surface area (Å²) in [5, 5.41) is 0. The van der Waals surface area contributed by atoms with Crippen LogP contribution in [0, 0.1) is 6.92 Å². The van der Waals surface area contributed by atoms with Gasteiger partial charge in [0.15, 0.2) is 0 Å². The molecule has 2 N–H and O–H groups in total. The number of carbonyl (C=O) groups is 1. The summed E-state index contributed by atoms with van der Waals surface area (Å²) >= 11 is 0. The molecule has 1 atom stereocenters. The van der Waals surface area contributed by atoms with Crippen LogP contribution < -0.4 is 5.73 Å². The molecule has 1 unspecified atom stereocenters. The molecule has 2 aromatic carbocycles. The van der Waals surface area contributed by atoms with Crippen LogP contribution in [0.15, 0.2) is 48.5 Å². The molecule has 3 nitrogen and oxygen atoms in total. The number of nitrogen functional groups attached to an aromatic ring is 1. The monoisotopic (exact) mass is 280 g/mol. The predicted octanol–water partition coefficient (Wildman–Crippen LogP) is 3.55. The summed E-state index contributed by atoms with van der Waals surface area (Å²) in [5.74, 6) is 0.0440. The number of nitrogens with two attached hydrogens (primary N) is 1. The standard InChI is InChI=1S/C18H20N2O/c1-13-9-10-16(19)15(12-13)18(21)20-11-5-8-17(20)14-6-3-2-4-7-14/h2-4,6-7,9-10,12,17H,5,8,11,19H2,1H3. The van der Waals surface area contributed by atoms with Gasteiger partial charge in [-0.05, 0) is 37.5 Å². The number of amides is 1. The second kappa shape index (κ2) is 5.60. The lowest BCUT2D eigenvalue weighted by molar-refractivity contribution is 0.0736. The van der Waals surface area contributed by atoms with Gasteiger partial charge in [-0.2, -0.15) is 0 Å². The molecule has 2 aromatic rings. The van der Waals surface area contributed by atoms with Gasteiger partial charge in [-0.1, -0.05) is 42.0 Å². The van der Waals surface area contributed by atoms with E-state index in [0.29, 0.717) is 11.3 Å². The summed E-state index contributed by atoms with van der Waals surface area (Å²) in [4.78, 5) is 14.8. The first-order chi connectivity index (χ1) is 10.2. The first kappa shape index (κ1) is 13.7. The fourth-order valence-electron chi connectivity index (χ4n) is 3.04. The van der Waals surface area contributed by atoms with Gasteiger partial charge in [-0.25, -0.2) is 0 Å². The van der Waals surface area contributed by atoms with Crippen LogP contribution in [0.2, 0.25) is 0 Å². The van der Waals surface area contributed by atoms with Crippen molar-refractivity contribution < 1.29 is 4.79 Å². The minimum Gasteiger partial charge on any atom is -0.398 e. The fourth-order valence-corrected chi connectivity index (χ4v) is 3.04. The Kier molecular flexibility index (Phi) is 3.65. The lowest BCUT2D eigenvalue weighted by Gasteiger charge is -2.26. The quantitative estimate of drug-likeness (QED) is 0.855. The number of anilines is 1. The van der Waals surface area contributed by atoms with Crippen molar-refractivity contribution in [1.29, 1.82) is 0 Å². The predicted molar refractivity (Wildman–Crippen MR) is 85.0 cm³/mol. The number of aryl methyl sites for hydroxylation is 1. The molecule has 0 bridgehead atoms. The highest BCUT2D eigenvalue weighted by atomic mass is 16.2. The Balaban J connectivity index is 1.92. The third-order valence-corrected chi connectivity index (χ3v) is 4.14. The van der Waals surface area contributed by atoms with Crippen molar-refractivity contribution in [2.45, 2.75) is 25.8 Å². The third-order valence-electron chi connectivity index (χ3n) is 4.14. The summed E-state index contributed by atoms with van der Waals surface area (Å²) in [6, 6.07) is 16.0. The second-order valence-electron chi connectivity index (χ2n) is 5.66. The number of nitrogens with zero attached hydrogens (tertiary/aromatic N) is 1. The molecular weight excluding hydrogens is 260 g/mol. The van der Waals surface area contributed by atoms with Crippen molar-refractivity contribution in [3.05, 3.63) is 65.2 Å². The molecule has 1 fully saturated rings. The van der Waals surface area contributed by atoms with Crippen LogP contribution in [0.1, 0.15) is 40.4 Å². The van der Waals surface area contributed by atoms with Crippen molar-refractivity contribution in [3.8, 4) is 0 Å². The maximum absolute atomic E-state index is 12.8. The van der Waals surface area contributed by atoms with Gasteiger partial charge in [0.1, 0.15) is 0 Å². The highest BCUT2D eigenvalue weighted by Crippen LogP contribution is 2.33. The number of benzene rings is 2. The van der Waals surface area contributed by atoms with Crippen molar-refractivity contribution in [1.82, 2.24) is 4.90 Å². The van der Waals surface area contributed by atoms with Crippen LogP contribution in [0.3, 0.4) is 0 Å². The summed E-state index contributed by atoms with van der Waals surface area (Å²) in [7, 11) is 0. The minimum atomic E-state index is 0.0440. The van der Waals surface area contributed by atoms with Gasteiger partial charge in [-0.3, -0.25) is 4.79 Å². The molecule has 108 valence electrons. The van der Waals surface area contributed by atoms with E-state index in [9.17, 15) is 4.79 Å². The minimum absolute atomic E-state index is 0.0440. The molecule has 0 aromatic heterocycles. The number of likely N-dealkylation sites (tertiary alicyclic amines) is 1. The molecule has 3 heteroatoms. The van der Waals surface area contributed by atoms with Crippen molar-refractivity contribution in [3.63, 3.8) is 0 Å². The van der Waals surface area contributed by atoms with Gasteiger partial charge >= 0.3 is 0 Å². The van der Waals surface area contributed by atoms with E-state index in [1.807, 2.05) is 48.2 Å². The Morgan fingerprint density at radius 1 is 1.19 bits per heavy atom. The molecule has 21 heavy (non-hydrogen) atoms. The molecule has 0 spiro atoms. The Morgan fingerprint density at radius 3 is 2.71 bits per heavy atom. The zero-order valence-electron chi connectivity index (χ0n) is 12.3. The smallest absolute Gasteiger partial charge is 0.256 e. The second-order valence-corrected chi connectivity index (χ2v) is 5.66. The highest BCUT2D eigenvalue weighted by molar-refractivity contribution is 5.99. The Hall–Kier alpha value is -2.29. The van der Waals surface area contributed by atoms with Crippen LogP contribution in [-0.4, -0.2) is 17.4 Å². The Morgan fingerprint density at radius 2 is 1.95 bits per heavy atom. The van der Waals surface area contributed by atoms with E-state index in [1.54, 1.807) is 0 Å². The average Bonchev–Trinajstić information content (AvgIpc) is 2.99. The lowest BCUT2D eigenvalue weighted by atomic mass is 10.0. The van der Waals surface area contributed by atoms with Gasteiger partial charge in [0.2, 0.25) is 0 Å². The van der Waals surface area contributed by atoms with Crippen LogP contribution >= 0.6 is 0 Å². The van der Waals surface area contributed by atoms with E-state index >= 15 is 0 Å². The Bertz CT molecular complexity index is 652. The maximum atomic E-state index is 12.8. The van der Waals surface area contributed by atoms with Crippen LogP contribution in [0.4, 0.5) is 5.69 Å². The number of hydrogen-bond donors (Lipinski definition) is 1. The van der Waals surface area contributed by atoms with Crippen molar-refractivity contribution in [2.75, 3.05) is 12.3 Å². The molecule has 3 rings (SSSR count). The van der Waals surface area contributed by atoms with Crippen LogP contribution in [0.25, 0.3) is 0 Å². The molecule has 1 amide bonds. The first-order valence-corrected chi connectivity index (χ1v) is 7.39. The molecule has 0 aliphatic carbocycles. The molecule has 1 heterocycles. The van der Waals surface area contributed by atoms with Gasteiger partial charge in [0.25, 0.3) is 5.91 Å². The fraction of sp³-hybridized carbons (Fsp3) is 0.278. The van der Waals surface area contributed by atoms with E-state index < -0.39 is 0 Å². The van der Waals surface area contributed by atoms with E-state index in [4.69, 9.17) is 5.73 Å². The average molecular weight is 280 g/mol. The van der Waals surface area contributed by atoms with E-state index in [-0.39, 0.29) is 11.9 Å². The van der Waals surface area contributed by atoms with Crippen LogP contribution in [0.5, 0.6) is 0 Å². The molecular formula is C18H20N2O. The zero-order valence-corrected chi connectivity index (χ0v) is 12.3. The summed E-state index contributed by atoms with van der Waals surface area (Å²) in [6.45, 7) is 2.78. The molecule has 1 aliphatic heterocycles. The summed E-state index contributed by atoms with van der Waals surface area (Å²) < 4.78 is 0. The number of rotatable bonds is 2. The van der Waals surface area contributed by atoms with Crippen molar-refractivity contribution >= 4 is 11.6 Å². The molecule has 1 aliphatic rings. The van der Waals surface area contributed by atoms with Crippen LogP contribution in [-0.2, 0) is 0 Å². The number of hydrogen-bond acceptors (Lipinski definition) is 2. The first-order valence-electron chi connectivity index (χ1n) is 7.39.